The number of para-hydroxylation sites is 1. The monoisotopic (exact) mass is 181 g/mol. The highest BCUT2D eigenvalue weighted by Gasteiger charge is 2.11. The third-order valence-electron chi connectivity index (χ3n) is 1.47. The standard InChI is InChI=1S/C10H16NP/c1-10(2,3)12-9-7-5-4-6-8(9)11/h4-7,12H,11H2,1-3H3. The van der Waals surface area contributed by atoms with Crippen LogP contribution >= 0.6 is 8.58 Å². The molecule has 2 heteroatoms. The van der Waals surface area contributed by atoms with Crippen LogP contribution in [0, 0.1) is 0 Å². The van der Waals surface area contributed by atoms with E-state index in [1.165, 1.54) is 5.30 Å². The average Bonchev–Trinajstić information content (AvgIpc) is 1.91. The number of rotatable bonds is 1. The minimum atomic E-state index is 0.343. The van der Waals surface area contributed by atoms with Crippen molar-refractivity contribution in [2.45, 2.75) is 25.9 Å². The molecule has 66 valence electrons. The van der Waals surface area contributed by atoms with Crippen molar-refractivity contribution in [1.29, 1.82) is 0 Å². The maximum Gasteiger partial charge on any atom is 0.0389 e. The predicted octanol–water partition coefficient (Wildman–Crippen LogP) is 2.37. The Morgan fingerprint density at radius 1 is 1.17 bits per heavy atom. The van der Waals surface area contributed by atoms with Crippen molar-refractivity contribution in [3.63, 3.8) is 0 Å². The summed E-state index contributed by atoms with van der Waals surface area (Å²) in [5.41, 5.74) is 6.76. The van der Waals surface area contributed by atoms with Gasteiger partial charge in [0.1, 0.15) is 0 Å². The summed E-state index contributed by atoms with van der Waals surface area (Å²) in [6.07, 6.45) is 0. The Morgan fingerprint density at radius 3 is 2.25 bits per heavy atom. The van der Waals surface area contributed by atoms with E-state index in [1.54, 1.807) is 0 Å². The Morgan fingerprint density at radius 2 is 1.75 bits per heavy atom. The molecule has 0 saturated carbocycles. The molecule has 0 radical (unpaired) electrons. The second kappa shape index (κ2) is 3.45. The number of benzene rings is 1. The minimum Gasteiger partial charge on any atom is -0.398 e. The van der Waals surface area contributed by atoms with E-state index in [2.05, 4.69) is 26.8 Å². The molecule has 1 aromatic carbocycles. The third-order valence-corrected chi connectivity index (χ3v) is 2.95. The van der Waals surface area contributed by atoms with Crippen molar-refractivity contribution >= 4 is 19.6 Å². The summed E-state index contributed by atoms with van der Waals surface area (Å²) in [7, 11) is 0.788. The molecule has 1 atom stereocenters. The molecule has 0 saturated heterocycles. The van der Waals surface area contributed by atoms with Gasteiger partial charge in [-0.3, -0.25) is 0 Å². The van der Waals surface area contributed by atoms with Crippen LogP contribution in [0.1, 0.15) is 20.8 Å². The molecule has 2 N–H and O–H groups in total. The van der Waals surface area contributed by atoms with Gasteiger partial charge < -0.3 is 5.73 Å². The Kier molecular flexibility index (Phi) is 2.74. The molecule has 0 aromatic heterocycles. The third kappa shape index (κ3) is 2.83. The molecule has 1 aromatic rings. The molecule has 0 spiro atoms. The zero-order valence-corrected chi connectivity index (χ0v) is 8.89. The van der Waals surface area contributed by atoms with Gasteiger partial charge in [-0.25, -0.2) is 0 Å². The minimum absolute atomic E-state index is 0.343. The van der Waals surface area contributed by atoms with Crippen molar-refractivity contribution in [1.82, 2.24) is 0 Å². The maximum atomic E-state index is 5.83. The van der Waals surface area contributed by atoms with Crippen molar-refractivity contribution < 1.29 is 0 Å². The van der Waals surface area contributed by atoms with Gasteiger partial charge in [0.15, 0.2) is 0 Å². The Balaban J connectivity index is 2.83. The first-order valence-corrected chi connectivity index (χ1v) is 5.12. The average molecular weight is 181 g/mol. The number of nitrogen functional groups attached to an aromatic ring is 1. The highest BCUT2D eigenvalue weighted by Crippen LogP contribution is 2.31. The summed E-state index contributed by atoms with van der Waals surface area (Å²) in [6.45, 7) is 6.70. The van der Waals surface area contributed by atoms with Gasteiger partial charge in [-0.05, 0) is 16.5 Å². The van der Waals surface area contributed by atoms with Gasteiger partial charge >= 0.3 is 0 Å². The zero-order chi connectivity index (χ0) is 9.19. The number of anilines is 1. The van der Waals surface area contributed by atoms with Crippen LogP contribution in [0.15, 0.2) is 24.3 Å². The number of hydrogen-bond donors (Lipinski definition) is 1. The van der Waals surface area contributed by atoms with Crippen LogP contribution in [0.2, 0.25) is 0 Å². The van der Waals surface area contributed by atoms with E-state index in [4.69, 9.17) is 5.73 Å². The molecule has 0 fully saturated rings. The lowest BCUT2D eigenvalue weighted by atomic mass is 10.3. The molecule has 0 aliphatic rings. The summed E-state index contributed by atoms with van der Waals surface area (Å²) in [6, 6.07) is 8.10. The summed E-state index contributed by atoms with van der Waals surface area (Å²) < 4.78 is 0. The molecular formula is C10H16NP. The van der Waals surface area contributed by atoms with Crippen molar-refractivity contribution in [2.24, 2.45) is 0 Å². The molecule has 1 rings (SSSR count). The van der Waals surface area contributed by atoms with Crippen LogP contribution in [-0.2, 0) is 0 Å². The second-order valence-electron chi connectivity index (χ2n) is 3.96. The molecular weight excluding hydrogens is 165 g/mol. The van der Waals surface area contributed by atoms with E-state index >= 15 is 0 Å². The van der Waals surface area contributed by atoms with Crippen molar-refractivity contribution in [2.75, 3.05) is 5.73 Å². The summed E-state index contributed by atoms with van der Waals surface area (Å²) in [4.78, 5) is 0. The molecule has 1 nitrogen and oxygen atoms in total. The van der Waals surface area contributed by atoms with Crippen LogP contribution in [0.3, 0.4) is 0 Å². The Bertz CT molecular complexity index is 263. The van der Waals surface area contributed by atoms with Crippen molar-refractivity contribution in [3.05, 3.63) is 24.3 Å². The van der Waals surface area contributed by atoms with Crippen LogP contribution in [-0.4, -0.2) is 5.16 Å². The zero-order valence-electron chi connectivity index (χ0n) is 7.89. The van der Waals surface area contributed by atoms with E-state index in [0.29, 0.717) is 5.16 Å². The second-order valence-corrected chi connectivity index (χ2v) is 6.25. The number of hydrogen-bond acceptors (Lipinski definition) is 1. The van der Waals surface area contributed by atoms with Gasteiger partial charge in [-0.15, -0.1) is 0 Å². The molecule has 0 amide bonds. The van der Waals surface area contributed by atoms with Gasteiger partial charge in [-0.1, -0.05) is 47.6 Å². The van der Waals surface area contributed by atoms with Gasteiger partial charge in [0.05, 0.1) is 0 Å². The van der Waals surface area contributed by atoms with Crippen LogP contribution in [0.5, 0.6) is 0 Å². The number of nitrogens with two attached hydrogens (primary N) is 1. The molecule has 0 aliphatic heterocycles. The Hall–Kier alpha value is -0.550. The molecule has 0 bridgehead atoms. The highest BCUT2D eigenvalue weighted by molar-refractivity contribution is 7.49. The van der Waals surface area contributed by atoms with Crippen LogP contribution in [0.4, 0.5) is 5.69 Å². The summed E-state index contributed by atoms with van der Waals surface area (Å²) in [5, 5.41) is 1.63. The smallest absolute Gasteiger partial charge is 0.0389 e. The topological polar surface area (TPSA) is 26.0 Å². The molecule has 0 heterocycles. The van der Waals surface area contributed by atoms with E-state index in [-0.39, 0.29) is 0 Å². The molecule has 12 heavy (non-hydrogen) atoms. The fraction of sp³-hybridized carbons (Fsp3) is 0.400. The van der Waals surface area contributed by atoms with E-state index < -0.39 is 0 Å². The normalized spacial score (nSPS) is 12.6. The lowest BCUT2D eigenvalue weighted by molar-refractivity contribution is 0.799. The lowest BCUT2D eigenvalue weighted by Gasteiger charge is -2.19. The van der Waals surface area contributed by atoms with Crippen molar-refractivity contribution in [3.8, 4) is 0 Å². The highest BCUT2D eigenvalue weighted by atomic mass is 31.1. The first-order valence-electron chi connectivity index (χ1n) is 4.12. The van der Waals surface area contributed by atoms with E-state index in [1.807, 2.05) is 18.2 Å². The van der Waals surface area contributed by atoms with Gasteiger partial charge in [0.25, 0.3) is 0 Å². The maximum absolute atomic E-state index is 5.83. The van der Waals surface area contributed by atoms with Crippen LogP contribution in [0.25, 0.3) is 0 Å². The van der Waals surface area contributed by atoms with Gasteiger partial charge in [0, 0.05) is 5.69 Å². The fourth-order valence-electron chi connectivity index (χ4n) is 1.01. The van der Waals surface area contributed by atoms with E-state index in [9.17, 15) is 0 Å². The summed E-state index contributed by atoms with van der Waals surface area (Å²) in [5.74, 6) is 0. The summed E-state index contributed by atoms with van der Waals surface area (Å²) >= 11 is 0. The quantitative estimate of drug-likeness (QED) is 0.522. The largest absolute Gasteiger partial charge is 0.398 e. The molecule has 0 aliphatic carbocycles. The van der Waals surface area contributed by atoms with Crippen LogP contribution < -0.4 is 11.0 Å². The predicted molar refractivity (Wildman–Crippen MR) is 58.6 cm³/mol. The first-order chi connectivity index (χ1) is 5.49. The SMILES string of the molecule is CC(C)(C)Pc1ccccc1N. The van der Waals surface area contributed by atoms with E-state index in [0.717, 1.165) is 14.3 Å². The van der Waals surface area contributed by atoms with Gasteiger partial charge in [-0.2, -0.15) is 0 Å². The Labute approximate surface area is 76.1 Å². The molecule has 1 unspecified atom stereocenters. The lowest BCUT2D eigenvalue weighted by Crippen LogP contribution is -2.13. The van der Waals surface area contributed by atoms with Gasteiger partial charge in [0.2, 0.25) is 0 Å². The fourth-order valence-corrected chi connectivity index (χ4v) is 2.23. The first kappa shape index (κ1) is 9.54.